The van der Waals surface area contributed by atoms with Gasteiger partial charge in [0, 0.05) is 19.6 Å². The highest BCUT2D eigenvalue weighted by Crippen LogP contribution is 2.23. The number of hydrogen-bond donors (Lipinski definition) is 3. The first kappa shape index (κ1) is 22.9. The van der Waals surface area contributed by atoms with Crippen LogP contribution in [0.25, 0.3) is 11.1 Å². The van der Waals surface area contributed by atoms with Gasteiger partial charge in [-0.2, -0.15) is 13.7 Å². The van der Waals surface area contributed by atoms with E-state index in [9.17, 15) is 18.5 Å². The van der Waals surface area contributed by atoms with Crippen LogP contribution >= 0.6 is 0 Å². The molecular weight excluding hydrogens is 418 g/mol. The Bertz CT molecular complexity index is 1070. The van der Waals surface area contributed by atoms with Gasteiger partial charge in [-0.15, -0.1) is 0 Å². The maximum absolute atomic E-state index is 12.5. The highest BCUT2D eigenvalue weighted by Gasteiger charge is 2.36. The van der Waals surface area contributed by atoms with Crippen molar-refractivity contribution < 1.29 is 22.5 Å². The van der Waals surface area contributed by atoms with Gasteiger partial charge in [0.1, 0.15) is 11.8 Å². The highest BCUT2D eigenvalue weighted by molar-refractivity contribution is 7.85. The lowest BCUT2D eigenvalue weighted by atomic mass is 9.90. The Labute approximate surface area is 181 Å². The molecule has 31 heavy (non-hydrogen) atoms. The van der Waals surface area contributed by atoms with Crippen LogP contribution in [-0.2, 0) is 31.8 Å². The van der Waals surface area contributed by atoms with Crippen molar-refractivity contribution in [3.05, 3.63) is 59.7 Å². The number of carbonyl (C=O) groups is 1. The molecule has 1 amide bonds. The number of nitrogens with two attached hydrogens (primary N) is 1. The largest absolute Gasteiger partial charge is 0.381 e. The fourth-order valence-electron chi connectivity index (χ4n) is 3.51. The Kier molecular flexibility index (Phi) is 7.08. The van der Waals surface area contributed by atoms with E-state index < -0.39 is 27.5 Å². The second-order valence-corrected chi connectivity index (χ2v) is 9.20. The fraction of sp³-hybridized carbons (Fsp3) is 0.364. The Hall–Kier alpha value is -2.77. The lowest BCUT2D eigenvalue weighted by Crippen LogP contribution is -2.58. The minimum absolute atomic E-state index is 0.331. The number of benzene rings is 2. The van der Waals surface area contributed by atoms with Crippen molar-refractivity contribution in [1.29, 1.82) is 5.26 Å². The zero-order valence-corrected chi connectivity index (χ0v) is 17.8. The van der Waals surface area contributed by atoms with E-state index >= 15 is 0 Å². The molecule has 1 heterocycles. The third-order valence-electron chi connectivity index (χ3n) is 5.30. The summed E-state index contributed by atoms with van der Waals surface area (Å²) in [4.78, 5) is 12.5. The lowest BCUT2D eigenvalue weighted by molar-refractivity contribution is -0.130. The van der Waals surface area contributed by atoms with E-state index in [0.29, 0.717) is 38.0 Å². The number of carbonyl (C=O) groups excluding carboxylic acids is 1. The Morgan fingerprint density at radius 3 is 2.45 bits per heavy atom. The molecule has 1 aliphatic rings. The molecule has 0 unspecified atom stereocenters. The maximum atomic E-state index is 12.5. The molecule has 1 saturated heterocycles. The monoisotopic (exact) mass is 443 g/mol. The van der Waals surface area contributed by atoms with Crippen LogP contribution in [0.2, 0.25) is 0 Å². The predicted molar refractivity (Wildman–Crippen MR) is 115 cm³/mol. The van der Waals surface area contributed by atoms with Crippen molar-refractivity contribution in [2.75, 3.05) is 13.2 Å². The van der Waals surface area contributed by atoms with Gasteiger partial charge in [0.25, 0.3) is 10.1 Å². The summed E-state index contributed by atoms with van der Waals surface area (Å²) in [7, 11) is -4.10. The van der Waals surface area contributed by atoms with E-state index in [2.05, 4.69) is 11.4 Å². The molecule has 3 rings (SSSR count). The van der Waals surface area contributed by atoms with Gasteiger partial charge in [0.2, 0.25) is 5.91 Å². The molecule has 1 aliphatic heterocycles. The van der Waals surface area contributed by atoms with Gasteiger partial charge in [-0.25, -0.2) is 0 Å². The second-order valence-electron chi connectivity index (χ2n) is 7.75. The van der Waals surface area contributed by atoms with Gasteiger partial charge in [0.05, 0.1) is 11.6 Å². The van der Waals surface area contributed by atoms with Crippen LogP contribution in [0.15, 0.2) is 48.5 Å². The second kappa shape index (κ2) is 9.58. The minimum atomic E-state index is -4.10. The van der Waals surface area contributed by atoms with E-state index in [-0.39, 0.29) is 5.91 Å². The molecule has 0 saturated carbocycles. The third kappa shape index (κ3) is 6.35. The number of hydrogen-bond acceptors (Lipinski definition) is 6. The topological polar surface area (TPSA) is 143 Å². The van der Waals surface area contributed by atoms with Crippen LogP contribution in [0.5, 0.6) is 0 Å². The summed E-state index contributed by atoms with van der Waals surface area (Å²) in [5, 5.41) is 12.2. The average Bonchev–Trinajstić information content (AvgIpc) is 2.73. The molecule has 0 spiro atoms. The normalized spacial score (nSPS) is 16.8. The number of rotatable bonds is 7. The summed E-state index contributed by atoms with van der Waals surface area (Å²) in [6, 6.07) is 15.7. The van der Waals surface area contributed by atoms with Crippen molar-refractivity contribution in [2.45, 2.75) is 36.6 Å². The summed E-state index contributed by atoms with van der Waals surface area (Å²) in [5.74, 6) is -0.786. The standard InChI is InChI=1S/C22H25N3O5S/c23-14-20(25-21(26)22(24)8-10-30-11-9-22)13-16-4-6-18(7-5-16)19-3-1-2-17(12-19)15-31(27,28)29/h1-7,12,20H,8-11,13,15,24H2,(H,25,26)(H,27,28,29)/t20-/m0/s1. The third-order valence-corrected chi connectivity index (χ3v) is 6.00. The smallest absolute Gasteiger partial charge is 0.269 e. The molecule has 164 valence electrons. The van der Waals surface area contributed by atoms with Gasteiger partial charge in [0.15, 0.2) is 0 Å². The quantitative estimate of drug-likeness (QED) is 0.554. The molecule has 4 N–H and O–H groups in total. The Morgan fingerprint density at radius 2 is 1.84 bits per heavy atom. The van der Waals surface area contributed by atoms with Crippen molar-refractivity contribution in [3.8, 4) is 17.2 Å². The van der Waals surface area contributed by atoms with Crippen molar-refractivity contribution >= 4 is 16.0 Å². The number of amides is 1. The Balaban J connectivity index is 1.66. The van der Waals surface area contributed by atoms with Gasteiger partial charge in [-0.3, -0.25) is 9.35 Å². The van der Waals surface area contributed by atoms with Crippen LogP contribution in [-0.4, -0.2) is 43.7 Å². The van der Waals surface area contributed by atoms with E-state index in [0.717, 1.165) is 16.7 Å². The van der Waals surface area contributed by atoms with Gasteiger partial charge in [-0.1, -0.05) is 48.5 Å². The maximum Gasteiger partial charge on any atom is 0.269 e. The molecule has 9 heteroatoms. The molecule has 8 nitrogen and oxygen atoms in total. The molecule has 0 aliphatic carbocycles. The first-order chi connectivity index (χ1) is 14.7. The summed E-state index contributed by atoms with van der Waals surface area (Å²) >= 11 is 0. The van der Waals surface area contributed by atoms with Crippen LogP contribution in [0.4, 0.5) is 0 Å². The molecule has 2 aromatic rings. The van der Waals surface area contributed by atoms with E-state index in [4.69, 9.17) is 15.0 Å². The highest BCUT2D eigenvalue weighted by atomic mass is 32.2. The molecule has 0 radical (unpaired) electrons. The molecule has 2 aromatic carbocycles. The number of nitrogens with one attached hydrogen (secondary N) is 1. The van der Waals surface area contributed by atoms with Crippen LogP contribution < -0.4 is 11.1 Å². The van der Waals surface area contributed by atoms with Gasteiger partial charge >= 0.3 is 0 Å². The lowest BCUT2D eigenvalue weighted by Gasteiger charge is -2.32. The SMILES string of the molecule is N#C[C@H](Cc1ccc(-c2cccc(CS(=O)(=O)O)c2)cc1)NC(=O)C1(N)CCOCC1. The van der Waals surface area contributed by atoms with E-state index in [1.807, 2.05) is 30.3 Å². The van der Waals surface area contributed by atoms with Crippen LogP contribution in [0.3, 0.4) is 0 Å². The summed E-state index contributed by atoms with van der Waals surface area (Å²) in [5.41, 5.74) is 8.19. The van der Waals surface area contributed by atoms with Crippen LogP contribution in [0.1, 0.15) is 24.0 Å². The predicted octanol–water partition coefficient (Wildman–Crippen LogP) is 1.80. The molecule has 1 atom stereocenters. The number of nitrogens with zero attached hydrogens (tertiary/aromatic N) is 1. The average molecular weight is 444 g/mol. The number of nitriles is 1. The summed E-state index contributed by atoms with van der Waals surface area (Å²) in [6.45, 7) is 0.849. The molecule has 1 fully saturated rings. The fourth-order valence-corrected chi connectivity index (χ4v) is 4.11. The summed E-state index contributed by atoms with van der Waals surface area (Å²) < 4.78 is 36.5. The van der Waals surface area contributed by atoms with Gasteiger partial charge in [-0.05, 0) is 35.1 Å². The van der Waals surface area contributed by atoms with Gasteiger partial charge < -0.3 is 15.8 Å². The first-order valence-electron chi connectivity index (χ1n) is 9.89. The molecular formula is C22H25N3O5S. The molecule has 0 bridgehead atoms. The van der Waals surface area contributed by atoms with Crippen molar-refractivity contribution in [2.24, 2.45) is 5.73 Å². The molecule has 0 aromatic heterocycles. The van der Waals surface area contributed by atoms with E-state index in [1.165, 1.54) is 0 Å². The minimum Gasteiger partial charge on any atom is -0.381 e. The first-order valence-corrected chi connectivity index (χ1v) is 11.5. The van der Waals surface area contributed by atoms with Crippen LogP contribution in [0, 0.1) is 11.3 Å². The summed E-state index contributed by atoms with van der Waals surface area (Å²) in [6.07, 6.45) is 1.17. The number of ether oxygens (including phenoxy) is 1. The van der Waals surface area contributed by atoms with E-state index in [1.54, 1.807) is 18.2 Å². The zero-order valence-electron chi connectivity index (χ0n) is 17.0. The van der Waals surface area contributed by atoms with Crippen molar-refractivity contribution in [3.63, 3.8) is 0 Å². The zero-order chi connectivity index (χ0) is 22.5. The van der Waals surface area contributed by atoms with Crippen molar-refractivity contribution in [1.82, 2.24) is 5.32 Å². The Morgan fingerprint density at radius 1 is 1.16 bits per heavy atom.